The fraction of sp³-hybridized carbons (Fsp3) is 0.308. The molecule has 0 amide bonds. The Kier molecular flexibility index (Phi) is 3.44. The molecule has 2 rings (SSSR count). The molecule has 4 heteroatoms. The third-order valence-corrected chi connectivity index (χ3v) is 2.70. The van der Waals surface area contributed by atoms with Gasteiger partial charge in [0.05, 0.1) is 6.61 Å². The second kappa shape index (κ2) is 5.01. The maximum absolute atomic E-state index is 11.5. The van der Waals surface area contributed by atoms with E-state index in [-0.39, 0.29) is 12.5 Å². The van der Waals surface area contributed by atoms with Gasteiger partial charge in [0.15, 0.2) is 0 Å². The van der Waals surface area contributed by atoms with Crippen LogP contribution in [0.4, 0.5) is 0 Å². The largest absolute Gasteiger partial charge is 0.465 e. The summed E-state index contributed by atoms with van der Waals surface area (Å²) < 4.78 is 6.83. The fourth-order valence-electron chi connectivity index (χ4n) is 1.96. The number of hydrogen-bond donors (Lipinski definition) is 1. The minimum atomic E-state index is -0.225. The average molecular weight is 232 g/mol. The number of carbonyl (C=O) groups excluding carboxylic acids is 1. The van der Waals surface area contributed by atoms with E-state index in [0.29, 0.717) is 13.2 Å². The second-order valence-corrected chi connectivity index (χ2v) is 3.81. The summed E-state index contributed by atoms with van der Waals surface area (Å²) >= 11 is 0. The SMILES string of the molecule is CCOC(=O)Cn1cc(CN)c2ccccc21. The minimum Gasteiger partial charge on any atom is -0.465 e. The normalized spacial score (nSPS) is 10.7. The topological polar surface area (TPSA) is 57.2 Å². The predicted octanol–water partition coefficient (Wildman–Crippen LogP) is 1.66. The van der Waals surface area contributed by atoms with Crippen molar-refractivity contribution in [1.29, 1.82) is 0 Å². The highest BCUT2D eigenvalue weighted by Gasteiger charge is 2.10. The van der Waals surface area contributed by atoms with E-state index in [1.165, 1.54) is 0 Å². The summed E-state index contributed by atoms with van der Waals surface area (Å²) in [7, 11) is 0. The Morgan fingerprint density at radius 3 is 2.88 bits per heavy atom. The summed E-state index contributed by atoms with van der Waals surface area (Å²) in [5, 5.41) is 1.10. The molecule has 0 atom stereocenters. The highest BCUT2D eigenvalue weighted by atomic mass is 16.5. The number of para-hydroxylation sites is 1. The number of carbonyl (C=O) groups is 1. The van der Waals surface area contributed by atoms with Gasteiger partial charge in [0.1, 0.15) is 6.54 Å². The van der Waals surface area contributed by atoms with Crippen LogP contribution in [0.2, 0.25) is 0 Å². The molecule has 4 nitrogen and oxygen atoms in total. The number of nitrogens with zero attached hydrogens (tertiary/aromatic N) is 1. The van der Waals surface area contributed by atoms with Crippen molar-refractivity contribution in [2.45, 2.75) is 20.0 Å². The van der Waals surface area contributed by atoms with Gasteiger partial charge in [-0.25, -0.2) is 0 Å². The van der Waals surface area contributed by atoms with Gasteiger partial charge in [-0.1, -0.05) is 18.2 Å². The number of nitrogens with two attached hydrogens (primary N) is 1. The van der Waals surface area contributed by atoms with Gasteiger partial charge >= 0.3 is 5.97 Å². The van der Waals surface area contributed by atoms with Crippen molar-refractivity contribution in [2.75, 3.05) is 6.61 Å². The van der Waals surface area contributed by atoms with Crippen LogP contribution < -0.4 is 5.73 Å². The van der Waals surface area contributed by atoms with Crippen molar-refractivity contribution >= 4 is 16.9 Å². The summed E-state index contributed by atoms with van der Waals surface area (Å²) in [4.78, 5) is 11.5. The van der Waals surface area contributed by atoms with E-state index in [2.05, 4.69) is 0 Å². The zero-order chi connectivity index (χ0) is 12.3. The Bertz CT molecular complexity index is 531. The summed E-state index contributed by atoms with van der Waals surface area (Å²) in [6, 6.07) is 7.91. The Hall–Kier alpha value is -1.81. The van der Waals surface area contributed by atoms with Crippen LogP contribution in [0.3, 0.4) is 0 Å². The highest BCUT2D eigenvalue weighted by Crippen LogP contribution is 2.20. The quantitative estimate of drug-likeness (QED) is 0.816. The maximum Gasteiger partial charge on any atom is 0.325 e. The number of fused-ring (bicyclic) bond motifs is 1. The molecule has 0 aliphatic heterocycles. The summed E-state index contributed by atoms with van der Waals surface area (Å²) in [6.45, 7) is 2.91. The zero-order valence-corrected chi connectivity index (χ0v) is 9.85. The first-order valence-electron chi connectivity index (χ1n) is 5.68. The zero-order valence-electron chi connectivity index (χ0n) is 9.85. The lowest BCUT2D eigenvalue weighted by Crippen LogP contribution is -2.12. The third-order valence-electron chi connectivity index (χ3n) is 2.70. The van der Waals surface area contributed by atoms with Gasteiger partial charge < -0.3 is 15.0 Å². The van der Waals surface area contributed by atoms with E-state index >= 15 is 0 Å². The Morgan fingerprint density at radius 1 is 1.41 bits per heavy atom. The molecule has 1 aromatic carbocycles. The standard InChI is InChI=1S/C13H16N2O2/c1-2-17-13(16)9-15-8-10(7-14)11-5-3-4-6-12(11)15/h3-6,8H,2,7,9,14H2,1H3. The predicted molar refractivity (Wildman–Crippen MR) is 66.5 cm³/mol. The number of ether oxygens (including phenoxy) is 1. The van der Waals surface area contributed by atoms with Crippen LogP contribution in [0.1, 0.15) is 12.5 Å². The van der Waals surface area contributed by atoms with Crippen molar-refractivity contribution in [3.05, 3.63) is 36.0 Å². The lowest BCUT2D eigenvalue weighted by Gasteiger charge is -2.04. The highest BCUT2D eigenvalue weighted by molar-refractivity contribution is 5.85. The maximum atomic E-state index is 11.5. The molecule has 0 unspecified atom stereocenters. The average Bonchev–Trinajstić information content (AvgIpc) is 2.68. The molecule has 0 saturated carbocycles. The van der Waals surface area contributed by atoms with Crippen molar-refractivity contribution in [2.24, 2.45) is 5.73 Å². The molecular formula is C13H16N2O2. The summed E-state index contributed by atoms with van der Waals surface area (Å²) in [5.74, 6) is -0.225. The molecule has 1 heterocycles. The van der Waals surface area contributed by atoms with Crippen LogP contribution in [0.25, 0.3) is 10.9 Å². The molecule has 0 spiro atoms. The van der Waals surface area contributed by atoms with E-state index < -0.39 is 0 Å². The second-order valence-electron chi connectivity index (χ2n) is 3.81. The van der Waals surface area contributed by atoms with Crippen molar-refractivity contribution in [3.63, 3.8) is 0 Å². The van der Waals surface area contributed by atoms with Crippen LogP contribution in [0, 0.1) is 0 Å². The molecule has 0 fully saturated rings. The van der Waals surface area contributed by atoms with E-state index in [1.807, 2.05) is 35.0 Å². The van der Waals surface area contributed by atoms with E-state index in [9.17, 15) is 4.79 Å². The van der Waals surface area contributed by atoms with Crippen molar-refractivity contribution in [3.8, 4) is 0 Å². The summed E-state index contributed by atoms with van der Waals surface area (Å²) in [5.41, 5.74) is 7.75. The van der Waals surface area contributed by atoms with E-state index in [1.54, 1.807) is 6.92 Å². The minimum absolute atomic E-state index is 0.225. The molecule has 90 valence electrons. The molecule has 17 heavy (non-hydrogen) atoms. The van der Waals surface area contributed by atoms with Gasteiger partial charge in [-0.05, 0) is 18.6 Å². The molecule has 0 bridgehead atoms. The van der Waals surface area contributed by atoms with Crippen LogP contribution >= 0.6 is 0 Å². The molecule has 2 aromatic rings. The number of hydrogen-bond acceptors (Lipinski definition) is 3. The molecule has 0 aliphatic carbocycles. The molecule has 2 N–H and O–H groups in total. The van der Waals surface area contributed by atoms with Gasteiger partial charge in [0.2, 0.25) is 0 Å². The van der Waals surface area contributed by atoms with Gasteiger partial charge in [-0.15, -0.1) is 0 Å². The van der Waals surface area contributed by atoms with Crippen molar-refractivity contribution < 1.29 is 9.53 Å². The van der Waals surface area contributed by atoms with Crippen LogP contribution in [0.5, 0.6) is 0 Å². The molecular weight excluding hydrogens is 216 g/mol. The first-order valence-corrected chi connectivity index (χ1v) is 5.68. The van der Waals surface area contributed by atoms with E-state index in [0.717, 1.165) is 16.5 Å². The van der Waals surface area contributed by atoms with Crippen LogP contribution in [-0.2, 0) is 22.6 Å². The fourth-order valence-corrected chi connectivity index (χ4v) is 1.96. The van der Waals surface area contributed by atoms with E-state index in [4.69, 9.17) is 10.5 Å². The van der Waals surface area contributed by atoms with Crippen LogP contribution in [0.15, 0.2) is 30.5 Å². The molecule has 0 saturated heterocycles. The van der Waals surface area contributed by atoms with Gasteiger partial charge in [-0.2, -0.15) is 0 Å². The van der Waals surface area contributed by atoms with Gasteiger partial charge in [0, 0.05) is 23.6 Å². The van der Waals surface area contributed by atoms with Gasteiger partial charge in [0.25, 0.3) is 0 Å². The monoisotopic (exact) mass is 232 g/mol. The smallest absolute Gasteiger partial charge is 0.325 e. The molecule has 1 aromatic heterocycles. The lowest BCUT2D eigenvalue weighted by molar-refractivity contribution is -0.143. The third kappa shape index (κ3) is 2.31. The Balaban J connectivity index is 2.37. The Morgan fingerprint density at radius 2 is 2.18 bits per heavy atom. The Labute approximate surface area is 100.0 Å². The van der Waals surface area contributed by atoms with Gasteiger partial charge in [-0.3, -0.25) is 4.79 Å². The van der Waals surface area contributed by atoms with Crippen molar-refractivity contribution in [1.82, 2.24) is 4.57 Å². The van der Waals surface area contributed by atoms with Crippen LogP contribution in [-0.4, -0.2) is 17.1 Å². The number of esters is 1. The number of rotatable bonds is 4. The summed E-state index contributed by atoms with van der Waals surface area (Å²) in [6.07, 6.45) is 1.92. The number of aromatic nitrogens is 1. The molecule has 0 aliphatic rings. The first-order chi connectivity index (χ1) is 8.26. The number of benzene rings is 1. The first kappa shape index (κ1) is 11.7. The lowest BCUT2D eigenvalue weighted by atomic mass is 10.2. The molecule has 0 radical (unpaired) electrons.